The number of hydrogen-bond acceptors (Lipinski definition) is 1. The van der Waals surface area contributed by atoms with E-state index in [0.29, 0.717) is 17.9 Å². The van der Waals surface area contributed by atoms with Crippen LogP contribution in [0, 0.1) is 11.8 Å². The minimum Gasteiger partial charge on any atom is -0.339 e. The molecule has 15 heavy (non-hydrogen) atoms. The van der Waals surface area contributed by atoms with Gasteiger partial charge in [0, 0.05) is 18.5 Å². The third-order valence-corrected chi connectivity index (χ3v) is 4.10. The monoisotopic (exact) mass is 209 g/mol. The third-order valence-electron chi connectivity index (χ3n) is 4.10. The zero-order chi connectivity index (χ0) is 10.8. The number of rotatable bonds is 3. The number of carbonyl (C=O) groups excluding carboxylic acids is 1. The molecule has 2 atom stereocenters. The van der Waals surface area contributed by atoms with Gasteiger partial charge in [-0.15, -0.1) is 0 Å². The molecule has 1 saturated carbocycles. The van der Waals surface area contributed by atoms with Gasteiger partial charge in [-0.1, -0.05) is 13.8 Å². The van der Waals surface area contributed by atoms with Gasteiger partial charge in [-0.3, -0.25) is 4.79 Å². The van der Waals surface area contributed by atoms with Crippen molar-refractivity contribution < 1.29 is 4.79 Å². The summed E-state index contributed by atoms with van der Waals surface area (Å²) in [6, 6.07) is 0.535. The van der Waals surface area contributed by atoms with E-state index in [2.05, 4.69) is 18.7 Å². The Morgan fingerprint density at radius 3 is 2.67 bits per heavy atom. The summed E-state index contributed by atoms with van der Waals surface area (Å²) in [5.74, 6) is 1.43. The van der Waals surface area contributed by atoms with Crippen molar-refractivity contribution in [3.8, 4) is 0 Å². The van der Waals surface area contributed by atoms with Crippen LogP contribution < -0.4 is 0 Å². The second-order valence-corrected chi connectivity index (χ2v) is 5.22. The van der Waals surface area contributed by atoms with Gasteiger partial charge in [0.2, 0.25) is 5.91 Å². The summed E-state index contributed by atoms with van der Waals surface area (Å²) in [6.45, 7) is 5.34. The third kappa shape index (κ3) is 2.35. The average Bonchev–Trinajstić information content (AvgIpc) is 3.11. The molecule has 0 radical (unpaired) electrons. The summed E-state index contributed by atoms with van der Waals surface area (Å²) in [7, 11) is 0. The summed E-state index contributed by atoms with van der Waals surface area (Å²) in [5.41, 5.74) is 0. The molecule has 0 aromatic carbocycles. The fourth-order valence-electron chi connectivity index (χ4n) is 2.77. The van der Waals surface area contributed by atoms with E-state index < -0.39 is 0 Å². The molecule has 2 nitrogen and oxygen atoms in total. The molecule has 2 unspecified atom stereocenters. The van der Waals surface area contributed by atoms with E-state index in [1.165, 1.54) is 32.1 Å². The molecule has 0 N–H and O–H groups in total. The zero-order valence-electron chi connectivity index (χ0n) is 10.0. The minimum atomic E-state index is 0.289. The zero-order valence-corrected chi connectivity index (χ0v) is 10.0. The van der Waals surface area contributed by atoms with Crippen LogP contribution in [0.25, 0.3) is 0 Å². The Hall–Kier alpha value is -0.530. The lowest BCUT2D eigenvalue weighted by Crippen LogP contribution is -2.46. The SMILES string of the molecule is CCC1CCCCN1C(=O)C(C)C1CC1. The lowest BCUT2D eigenvalue weighted by atomic mass is 9.96. The Kier molecular flexibility index (Phi) is 3.32. The number of carbonyl (C=O) groups is 1. The van der Waals surface area contributed by atoms with Gasteiger partial charge >= 0.3 is 0 Å². The smallest absolute Gasteiger partial charge is 0.225 e. The Balaban J connectivity index is 1.96. The molecule has 2 heteroatoms. The van der Waals surface area contributed by atoms with Crippen molar-refractivity contribution in [3.05, 3.63) is 0 Å². The standard InChI is InChI=1S/C13H23NO/c1-3-12-6-4-5-9-14(12)13(15)10(2)11-7-8-11/h10-12H,3-9H2,1-2H3. The molecule has 0 bridgehead atoms. The Morgan fingerprint density at radius 1 is 1.33 bits per heavy atom. The lowest BCUT2D eigenvalue weighted by Gasteiger charge is -2.37. The van der Waals surface area contributed by atoms with Gasteiger partial charge in [0.15, 0.2) is 0 Å². The first-order valence-corrected chi connectivity index (χ1v) is 6.54. The number of piperidine rings is 1. The molecular formula is C13H23NO. The molecular weight excluding hydrogens is 186 g/mol. The van der Waals surface area contributed by atoms with E-state index in [4.69, 9.17) is 0 Å². The average molecular weight is 209 g/mol. The molecule has 1 aliphatic carbocycles. The van der Waals surface area contributed by atoms with Crippen LogP contribution in [0.3, 0.4) is 0 Å². The van der Waals surface area contributed by atoms with Crippen LogP contribution in [-0.2, 0) is 4.79 Å². The fraction of sp³-hybridized carbons (Fsp3) is 0.923. The first kappa shape index (κ1) is 11.0. The van der Waals surface area contributed by atoms with Gasteiger partial charge in [0.05, 0.1) is 0 Å². The summed E-state index contributed by atoms with van der Waals surface area (Å²) >= 11 is 0. The molecule has 2 fully saturated rings. The van der Waals surface area contributed by atoms with Gasteiger partial charge in [-0.05, 0) is 44.4 Å². The molecule has 86 valence electrons. The maximum Gasteiger partial charge on any atom is 0.225 e. The fourth-order valence-corrected chi connectivity index (χ4v) is 2.77. The second kappa shape index (κ2) is 4.54. The highest BCUT2D eigenvalue weighted by molar-refractivity contribution is 5.79. The Bertz CT molecular complexity index is 235. The van der Waals surface area contributed by atoms with Crippen molar-refractivity contribution in [2.75, 3.05) is 6.54 Å². The van der Waals surface area contributed by atoms with E-state index >= 15 is 0 Å². The predicted octanol–water partition coefficient (Wildman–Crippen LogP) is 2.82. The van der Waals surface area contributed by atoms with Crippen LogP contribution >= 0.6 is 0 Å². The molecule has 0 spiro atoms. The predicted molar refractivity (Wildman–Crippen MR) is 61.5 cm³/mol. The maximum atomic E-state index is 12.3. The van der Waals surface area contributed by atoms with Crippen LogP contribution in [0.1, 0.15) is 52.4 Å². The molecule has 0 aromatic heterocycles. The summed E-state index contributed by atoms with van der Waals surface area (Å²) < 4.78 is 0. The number of likely N-dealkylation sites (tertiary alicyclic amines) is 1. The highest BCUT2D eigenvalue weighted by Crippen LogP contribution is 2.38. The van der Waals surface area contributed by atoms with E-state index in [1.54, 1.807) is 0 Å². The van der Waals surface area contributed by atoms with Gasteiger partial charge in [0.1, 0.15) is 0 Å². The minimum absolute atomic E-state index is 0.289. The highest BCUT2D eigenvalue weighted by atomic mass is 16.2. The van der Waals surface area contributed by atoms with Crippen molar-refractivity contribution in [1.29, 1.82) is 0 Å². The summed E-state index contributed by atoms with van der Waals surface area (Å²) in [6.07, 6.45) is 7.41. The Morgan fingerprint density at radius 2 is 2.07 bits per heavy atom. The molecule has 1 heterocycles. The largest absolute Gasteiger partial charge is 0.339 e. The van der Waals surface area contributed by atoms with Crippen molar-refractivity contribution in [3.63, 3.8) is 0 Å². The number of amides is 1. The van der Waals surface area contributed by atoms with Gasteiger partial charge < -0.3 is 4.90 Å². The molecule has 1 amide bonds. The normalized spacial score (nSPS) is 28.9. The number of nitrogens with zero attached hydrogens (tertiary/aromatic N) is 1. The van der Waals surface area contributed by atoms with E-state index in [9.17, 15) is 4.79 Å². The topological polar surface area (TPSA) is 20.3 Å². The highest BCUT2D eigenvalue weighted by Gasteiger charge is 2.37. The summed E-state index contributed by atoms with van der Waals surface area (Å²) in [4.78, 5) is 14.4. The first-order valence-electron chi connectivity index (χ1n) is 6.54. The van der Waals surface area contributed by atoms with Crippen LogP contribution in [0.15, 0.2) is 0 Å². The molecule has 0 aromatic rings. The van der Waals surface area contributed by atoms with E-state index in [0.717, 1.165) is 13.0 Å². The van der Waals surface area contributed by atoms with Crippen molar-refractivity contribution in [1.82, 2.24) is 4.90 Å². The van der Waals surface area contributed by atoms with Gasteiger partial charge in [-0.2, -0.15) is 0 Å². The first-order chi connectivity index (χ1) is 7.24. The molecule has 2 aliphatic rings. The van der Waals surface area contributed by atoms with Gasteiger partial charge in [-0.25, -0.2) is 0 Å². The van der Waals surface area contributed by atoms with Crippen LogP contribution in [0.4, 0.5) is 0 Å². The molecule has 1 aliphatic heterocycles. The van der Waals surface area contributed by atoms with Crippen molar-refractivity contribution in [2.45, 2.75) is 58.4 Å². The summed E-state index contributed by atoms with van der Waals surface area (Å²) in [5, 5.41) is 0. The van der Waals surface area contributed by atoms with E-state index in [-0.39, 0.29) is 5.92 Å². The van der Waals surface area contributed by atoms with Crippen LogP contribution in [0.5, 0.6) is 0 Å². The Labute approximate surface area is 93.0 Å². The number of hydrogen-bond donors (Lipinski definition) is 0. The van der Waals surface area contributed by atoms with Crippen molar-refractivity contribution in [2.24, 2.45) is 11.8 Å². The quantitative estimate of drug-likeness (QED) is 0.700. The second-order valence-electron chi connectivity index (χ2n) is 5.22. The molecule has 1 saturated heterocycles. The van der Waals surface area contributed by atoms with Gasteiger partial charge in [0.25, 0.3) is 0 Å². The van der Waals surface area contributed by atoms with Crippen LogP contribution in [0.2, 0.25) is 0 Å². The van der Waals surface area contributed by atoms with Crippen molar-refractivity contribution >= 4 is 5.91 Å². The lowest BCUT2D eigenvalue weighted by molar-refractivity contribution is -0.139. The molecule has 2 rings (SSSR count). The van der Waals surface area contributed by atoms with Crippen LogP contribution in [-0.4, -0.2) is 23.4 Å². The maximum absolute atomic E-state index is 12.3. The van der Waals surface area contributed by atoms with E-state index in [1.807, 2.05) is 0 Å².